The molecule has 0 aliphatic carbocycles. The van der Waals surface area contributed by atoms with Crippen LogP contribution in [0.3, 0.4) is 0 Å². The molecule has 1 aromatic carbocycles. The van der Waals surface area contributed by atoms with Gasteiger partial charge in [-0.15, -0.1) is 0 Å². The van der Waals surface area contributed by atoms with Gasteiger partial charge in [0.1, 0.15) is 0 Å². The Kier molecular flexibility index (Phi) is 4.07. The maximum absolute atomic E-state index is 12.5. The van der Waals surface area contributed by atoms with E-state index in [1.165, 1.54) is 0 Å². The minimum Gasteiger partial charge on any atom is -0.468 e. The van der Waals surface area contributed by atoms with Gasteiger partial charge in [-0.3, -0.25) is 14.4 Å². The second-order valence-electron chi connectivity index (χ2n) is 4.49. The predicted octanol–water partition coefficient (Wildman–Crippen LogP) is 1.32. The molecule has 0 atom stereocenters. The van der Waals surface area contributed by atoms with Crippen molar-refractivity contribution >= 4 is 28.6 Å². The lowest BCUT2D eigenvalue weighted by Crippen LogP contribution is -2.34. The first-order valence-electron chi connectivity index (χ1n) is 6.25. The topological polar surface area (TPSA) is 74.6 Å². The van der Waals surface area contributed by atoms with Gasteiger partial charge in [-0.25, -0.2) is 0 Å². The summed E-state index contributed by atoms with van der Waals surface area (Å²) < 4.78 is 10.7. The Morgan fingerprint density at radius 3 is 2.14 bits per heavy atom. The van der Waals surface area contributed by atoms with Crippen LogP contribution in [0, 0.1) is 5.92 Å². The number of hydrogen-bond donors (Lipinski definition) is 0. The van der Waals surface area contributed by atoms with E-state index in [0.717, 1.165) is 25.1 Å². The van der Waals surface area contributed by atoms with E-state index in [1.807, 2.05) is 24.3 Å². The van der Waals surface area contributed by atoms with Crippen molar-refractivity contribution in [2.45, 2.75) is 0 Å². The summed E-state index contributed by atoms with van der Waals surface area (Å²) in [6.07, 6.45) is 0. The average molecular weight is 289 g/mol. The van der Waals surface area contributed by atoms with Gasteiger partial charge in [-0.2, -0.15) is 0 Å². The lowest BCUT2D eigenvalue weighted by Gasteiger charge is -2.12. The standard InChI is InChI=1S/C15H15NO5/c1-16-10-7-5-4-6-9(10)8-11(16)13(17)12(14(18)20-2)15(19)21-3/h4-8,12H,1-3H3. The Labute approximate surface area is 121 Å². The molecule has 0 N–H and O–H groups in total. The third kappa shape index (κ3) is 2.52. The summed E-state index contributed by atoms with van der Waals surface area (Å²) in [6.45, 7) is 0. The molecule has 110 valence electrons. The molecular weight excluding hydrogens is 274 g/mol. The molecule has 0 saturated heterocycles. The second kappa shape index (κ2) is 5.78. The summed E-state index contributed by atoms with van der Waals surface area (Å²) in [5.41, 5.74) is 1.08. The molecular formula is C15H15NO5. The minimum absolute atomic E-state index is 0.247. The highest BCUT2D eigenvalue weighted by molar-refractivity contribution is 6.21. The van der Waals surface area contributed by atoms with Crippen molar-refractivity contribution in [2.75, 3.05) is 14.2 Å². The first-order chi connectivity index (χ1) is 10.0. The fourth-order valence-corrected chi connectivity index (χ4v) is 2.22. The highest BCUT2D eigenvalue weighted by atomic mass is 16.5. The Morgan fingerprint density at radius 1 is 1.05 bits per heavy atom. The quantitative estimate of drug-likeness (QED) is 0.482. The largest absolute Gasteiger partial charge is 0.468 e. The van der Waals surface area contributed by atoms with Crippen LogP contribution < -0.4 is 0 Å². The molecule has 1 heterocycles. The number of hydrogen-bond acceptors (Lipinski definition) is 5. The van der Waals surface area contributed by atoms with E-state index in [9.17, 15) is 14.4 Å². The predicted molar refractivity (Wildman–Crippen MR) is 74.8 cm³/mol. The molecule has 0 spiro atoms. The number of para-hydroxylation sites is 1. The van der Waals surface area contributed by atoms with Crippen LogP contribution >= 0.6 is 0 Å². The molecule has 0 bridgehead atoms. The number of benzene rings is 1. The van der Waals surface area contributed by atoms with Gasteiger partial charge in [0.15, 0.2) is 0 Å². The van der Waals surface area contributed by atoms with Gasteiger partial charge in [0.2, 0.25) is 11.7 Å². The van der Waals surface area contributed by atoms with Crippen LogP contribution in [0.4, 0.5) is 0 Å². The normalized spacial score (nSPS) is 10.7. The first-order valence-corrected chi connectivity index (χ1v) is 6.25. The molecule has 0 unspecified atom stereocenters. The van der Waals surface area contributed by atoms with Crippen LogP contribution in [0.15, 0.2) is 30.3 Å². The van der Waals surface area contributed by atoms with Crippen LogP contribution in [0.5, 0.6) is 0 Å². The molecule has 0 fully saturated rings. The van der Waals surface area contributed by atoms with E-state index < -0.39 is 23.6 Å². The third-order valence-corrected chi connectivity index (χ3v) is 3.34. The number of fused-ring (bicyclic) bond motifs is 1. The summed E-state index contributed by atoms with van der Waals surface area (Å²) in [4.78, 5) is 35.9. The molecule has 0 saturated carbocycles. The molecule has 0 aliphatic heterocycles. The van der Waals surface area contributed by atoms with Gasteiger partial charge in [0, 0.05) is 18.0 Å². The number of methoxy groups -OCH3 is 2. The van der Waals surface area contributed by atoms with Crippen LogP contribution in [0.2, 0.25) is 0 Å². The van der Waals surface area contributed by atoms with Crippen molar-refractivity contribution in [3.05, 3.63) is 36.0 Å². The molecule has 6 heteroatoms. The Hall–Kier alpha value is -2.63. The number of ether oxygens (including phenoxy) is 2. The van der Waals surface area contributed by atoms with Crippen LogP contribution in [-0.4, -0.2) is 36.5 Å². The summed E-state index contributed by atoms with van der Waals surface area (Å²) in [7, 11) is 3.93. The molecule has 0 aliphatic rings. The minimum atomic E-state index is -1.61. The van der Waals surface area contributed by atoms with Crippen molar-refractivity contribution in [2.24, 2.45) is 13.0 Å². The average Bonchev–Trinajstić information content (AvgIpc) is 2.84. The lowest BCUT2D eigenvalue weighted by molar-refractivity contribution is -0.155. The molecule has 0 amide bonds. The van der Waals surface area contributed by atoms with E-state index in [0.29, 0.717) is 0 Å². The maximum atomic E-state index is 12.5. The van der Waals surface area contributed by atoms with Gasteiger partial charge in [-0.05, 0) is 12.1 Å². The van der Waals surface area contributed by atoms with Crippen molar-refractivity contribution in [3.8, 4) is 0 Å². The number of aryl methyl sites for hydroxylation is 1. The number of nitrogens with zero attached hydrogens (tertiary/aromatic N) is 1. The van der Waals surface area contributed by atoms with Crippen molar-refractivity contribution < 1.29 is 23.9 Å². The van der Waals surface area contributed by atoms with E-state index in [2.05, 4.69) is 9.47 Å². The molecule has 2 aromatic rings. The smallest absolute Gasteiger partial charge is 0.328 e. The van der Waals surface area contributed by atoms with Gasteiger partial charge < -0.3 is 14.0 Å². The van der Waals surface area contributed by atoms with Crippen LogP contribution in [-0.2, 0) is 26.1 Å². The van der Waals surface area contributed by atoms with Crippen LogP contribution in [0.25, 0.3) is 10.9 Å². The zero-order valence-corrected chi connectivity index (χ0v) is 12.0. The van der Waals surface area contributed by atoms with Crippen molar-refractivity contribution in [3.63, 3.8) is 0 Å². The summed E-state index contributed by atoms with van der Waals surface area (Å²) in [5.74, 6) is -4.12. The third-order valence-electron chi connectivity index (χ3n) is 3.34. The van der Waals surface area contributed by atoms with Crippen LogP contribution in [0.1, 0.15) is 10.5 Å². The number of Topliss-reactive ketones (excluding diaryl/α,β-unsaturated/α-hetero) is 1. The highest BCUT2D eigenvalue weighted by Crippen LogP contribution is 2.21. The Balaban J connectivity index is 2.50. The van der Waals surface area contributed by atoms with E-state index in [-0.39, 0.29) is 5.69 Å². The zero-order chi connectivity index (χ0) is 15.6. The molecule has 0 radical (unpaired) electrons. The number of aromatic nitrogens is 1. The number of rotatable bonds is 4. The molecule has 1 aromatic heterocycles. The molecule has 21 heavy (non-hydrogen) atoms. The van der Waals surface area contributed by atoms with Gasteiger partial charge in [-0.1, -0.05) is 18.2 Å². The number of esters is 2. The first kappa shape index (κ1) is 14.8. The fraction of sp³-hybridized carbons (Fsp3) is 0.267. The van der Waals surface area contributed by atoms with Gasteiger partial charge in [0.25, 0.3) is 0 Å². The zero-order valence-electron chi connectivity index (χ0n) is 12.0. The number of carbonyl (C=O) groups excluding carboxylic acids is 3. The summed E-state index contributed by atoms with van der Waals surface area (Å²) in [6, 6.07) is 9.01. The fourth-order valence-electron chi connectivity index (χ4n) is 2.22. The number of ketones is 1. The van der Waals surface area contributed by atoms with E-state index in [1.54, 1.807) is 17.7 Å². The van der Waals surface area contributed by atoms with Crippen molar-refractivity contribution in [1.29, 1.82) is 0 Å². The summed E-state index contributed by atoms with van der Waals surface area (Å²) in [5, 5.41) is 0.844. The SMILES string of the molecule is COC(=O)C(C(=O)OC)C(=O)c1cc2ccccc2n1C. The van der Waals surface area contributed by atoms with Gasteiger partial charge in [0.05, 0.1) is 19.9 Å². The number of carbonyl (C=O) groups is 3. The van der Waals surface area contributed by atoms with Crippen molar-refractivity contribution in [1.82, 2.24) is 4.57 Å². The highest BCUT2D eigenvalue weighted by Gasteiger charge is 2.38. The molecule has 2 rings (SSSR count). The maximum Gasteiger partial charge on any atom is 0.328 e. The van der Waals surface area contributed by atoms with Gasteiger partial charge >= 0.3 is 11.9 Å². The lowest BCUT2D eigenvalue weighted by atomic mass is 10.0. The Bertz CT molecular complexity index is 700. The second-order valence-corrected chi connectivity index (χ2v) is 4.49. The van der Waals surface area contributed by atoms with E-state index in [4.69, 9.17) is 0 Å². The van der Waals surface area contributed by atoms with E-state index >= 15 is 0 Å². The Morgan fingerprint density at radius 2 is 1.62 bits per heavy atom. The summed E-state index contributed by atoms with van der Waals surface area (Å²) >= 11 is 0. The monoisotopic (exact) mass is 289 g/mol. The molecule has 6 nitrogen and oxygen atoms in total.